The molecule has 0 aliphatic carbocycles. The molecule has 27 heavy (non-hydrogen) atoms. The maximum atomic E-state index is 9.86. The second-order valence-corrected chi connectivity index (χ2v) is 6.44. The van der Waals surface area contributed by atoms with Gasteiger partial charge in [0.25, 0.3) is 0 Å². The summed E-state index contributed by atoms with van der Waals surface area (Å²) in [6.45, 7) is 0. The Morgan fingerprint density at radius 3 is 2.63 bits per heavy atom. The monoisotopic (exact) mass is 360 g/mol. The van der Waals surface area contributed by atoms with Crippen LogP contribution >= 0.6 is 0 Å². The summed E-state index contributed by atoms with van der Waals surface area (Å²) in [5.74, 6) is 0.534. The fourth-order valence-corrected chi connectivity index (χ4v) is 3.16. The Hall–Kier alpha value is -3.54. The van der Waals surface area contributed by atoms with Gasteiger partial charge in [-0.05, 0) is 24.3 Å². The SMILES string of the molecule is COc1cc(-c2cnc3cnc(-c4ccccc4N(C)C)cn23)ccc1O. The lowest BCUT2D eigenvalue weighted by molar-refractivity contribution is 0.373. The molecule has 4 aromatic rings. The van der Waals surface area contributed by atoms with Gasteiger partial charge in [0.15, 0.2) is 17.1 Å². The molecule has 0 atom stereocenters. The molecule has 0 aliphatic heterocycles. The van der Waals surface area contributed by atoms with Crippen LogP contribution in [0.3, 0.4) is 0 Å². The number of hydrogen-bond acceptors (Lipinski definition) is 5. The summed E-state index contributed by atoms with van der Waals surface area (Å²) in [4.78, 5) is 11.1. The normalized spacial score (nSPS) is 10.9. The Morgan fingerprint density at radius 2 is 1.85 bits per heavy atom. The zero-order chi connectivity index (χ0) is 19.0. The number of phenolic OH excluding ortho intramolecular Hbond substituents is 1. The van der Waals surface area contributed by atoms with E-state index in [0.29, 0.717) is 5.75 Å². The highest BCUT2D eigenvalue weighted by molar-refractivity contribution is 5.77. The fraction of sp³-hybridized carbons (Fsp3) is 0.143. The van der Waals surface area contributed by atoms with Crippen molar-refractivity contribution in [1.82, 2.24) is 14.4 Å². The molecule has 136 valence electrons. The molecule has 2 heterocycles. The summed E-state index contributed by atoms with van der Waals surface area (Å²) < 4.78 is 7.23. The molecule has 2 aromatic carbocycles. The van der Waals surface area contributed by atoms with Gasteiger partial charge < -0.3 is 14.7 Å². The van der Waals surface area contributed by atoms with E-state index in [1.54, 1.807) is 24.5 Å². The van der Waals surface area contributed by atoms with Crippen LogP contribution in [0.2, 0.25) is 0 Å². The summed E-state index contributed by atoms with van der Waals surface area (Å²) >= 11 is 0. The van der Waals surface area contributed by atoms with E-state index in [-0.39, 0.29) is 5.75 Å². The van der Waals surface area contributed by atoms with Crippen LogP contribution in [0.25, 0.3) is 28.2 Å². The molecule has 0 unspecified atom stereocenters. The lowest BCUT2D eigenvalue weighted by atomic mass is 10.1. The molecule has 0 radical (unpaired) electrons. The second-order valence-electron chi connectivity index (χ2n) is 6.44. The number of fused-ring (bicyclic) bond motifs is 1. The van der Waals surface area contributed by atoms with Crippen LogP contribution in [-0.4, -0.2) is 40.7 Å². The van der Waals surface area contributed by atoms with Gasteiger partial charge >= 0.3 is 0 Å². The average Bonchev–Trinajstić information content (AvgIpc) is 3.11. The van der Waals surface area contributed by atoms with Crippen LogP contribution in [0.4, 0.5) is 5.69 Å². The minimum Gasteiger partial charge on any atom is -0.504 e. The van der Waals surface area contributed by atoms with Crippen LogP contribution in [0.1, 0.15) is 0 Å². The van der Waals surface area contributed by atoms with Crippen molar-refractivity contribution in [3.63, 3.8) is 0 Å². The zero-order valence-electron chi connectivity index (χ0n) is 15.4. The summed E-state index contributed by atoms with van der Waals surface area (Å²) in [5, 5.41) is 9.86. The first-order chi connectivity index (χ1) is 13.1. The van der Waals surface area contributed by atoms with Gasteiger partial charge in [0.1, 0.15) is 0 Å². The van der Waals surface area contributed by atoms with E-state index < -0.39 is 0 Å². The predicted octanol–water partition coefficient (Wildman–Crippen LogP) is 3.84. The van der Waals surface area contributed by atoms with Crippen molar-refractivity contribution in [2.75, 3.05) is 26.1 Å². The molecule has 6 nitrogen and oxygen atoms in total. The van der Waals surface area contributed by atoms with Crippen molar-refractivity contribution in [1.29, 1.82) is 0 Å². The van der Waals surface area contributed by atoms with Gasteiger partial charge in [-0.2, -0.15) is 0 Å². The minimum atomic E-state index is 0.109. The van der Waals surface area contributed by atoms with E-state index in [9.17, 15) is 5.11 Å². The highest BCUT2D eigenvalue weighted by atomic mass is 16.5. The summed E-state index contributed by atoms with van der Waals surface area (Å²) in [7, 11) is 5.57. The molecular formula is C21H20N4O2. The number of rotatable bonds is 4. The van der Waals surface area contributed by atoms with Crippen LogP contribution in [0, 0.1) is 0 Å². The van der Waals surface area contributed by atoms with E-state index in [4.69, 9.17) is 4.74 Å². The Bertz CT molecular complexity index is 1120. The van der Waals surface area contributed by atoms with Gasteiger partial charge in [-0.1, -0.05) is 18.2 Å². The third kappa shape index (κ3) is 2.95. The average molecular weight is 360 g/mol. The summed E-state index contributed by atoms with van der Waals surface area (Å²) in [6, 6.07) is 13.4. The summed E-state index contributed by atoms with van der Waals surface area (Å²) in [6.07, 6.45) is 5.55. The molecule has 4 rings (SSSR count). The quantitative estimate of drug-likeness (QED) is 0.599. The van der Waals surface area contributed by atoms with Gasteiger partial charge in [0, 0.05) is 37.1 Å². The maximum Gasteiger partial charge on any atom is 0.161 e. The number of methoxy groups -OCH3 is 1. The molecule has 0 amide bonds. The number of aromatic nitrogens is 3. The second kappa shape index (κ2) is 6.64. The maximum absolute atomic E-state index is 9.86. The van der Waals surface area contributed by atoms with Crippen molar-refractivity contribution in [2.45, 2.75) is 0 Å². The molecule has 0 aliphatic rings. The lowest BCUT2D eigenvalue weighted by Gasteiger charge is -2.17. The predicted molar refractivity (Wildman–Crippen MR) is 106 cm³/mol. The third-order valence-corrected chi connectivity index (χ3v) is 4.53. The molecule has 0 fully saturated rings. The zero-order valence-corrected chi connectivity index (χ0v) is 15.4. The van der Waals surface area contributed by atoms with E-state index >= 15 is 0 Å². The largest absolute Gasteiger partial charge is 0.504 e. The van der Waals surface area contributed by atoms with Crippen molar-refractivity contribution >= 4 is 11.3 Å². The van der Waals surface area contributed by atoms with Gasteiger partial charge in [-0.25, -0.2) is 4.98 Å². The standard InChI is InChI=1S/C21H20N4O2/c1-24(2)17-7-5-4-6-15(17)16-13-25-18(11-23-21(25)12-22-16)14-8-9-19(26)20(10-14)27-3/h4-13,26H,1-3H3. The molecular weight excluding hydrogens is 340 g/mol. The van der Waals surface area contributed by atoms with Crippen molar-refractivity contribution < 1.29 is 9.84 Å². The number of benzene rings is 2. The topological polar surface area (TPSA) is 62.9 Å². The highest BCUT2D eigenvalue weighted by Gasteiger charge is 2.13. The number of para-hydroxylation sites is 1. The molecule has 6 heteroatoms. The first-order valence-electron chi connectivity index (χ1n) is 8.55. The molecule has 0 saturated carbocycles. The Labute approximate surface area is 157 Å². The number of ether oxygens (including phenoxy) is 1. The Morgan fingerprint density at radius 1 is 1.04 bits per heavy atom. The number of nitrogens with zero attached hydrogens (tertiary/aromatic N) is 4. The third-order valence-electron chi connectivity index (χ3n) is 4.53. The summed E-state index contributed by atoms with van der Waals surface area (Å²) in [5.41, 5.74) is 5.55. The number of imidazole rings is 1. The molecule has 1 N–H and O–H groups in total. The van der Waals surface area contributed by atoms with Gasteiger partial charge in [-0.3, -0.25) is 9.38 Å². The lowest BCUT2D eigenvalue weighted by Crippen LogP contribution is -2.10. The first kappa shape index (κ1) is 16.9. The van der Waals surface area contributed by atoms with E-state index in [0.717, 1.165) is 33.8 Å². The van der Waals surface area contributed by atoms with Crippen molar-refractivity contribution in [2.24, 2.45) is 0 Å². The first-order valence-corrected chi connectivity index (χ1v) is 8.55. The van der Waals surface area contributed by atoms with E-state index in [2.05, 4.69) is 27.0 Å². The van der Waals surface area contributed by atoms with E-state index in [1.807, 2.05) is 42.9 Å². The Balaban J connectivity index is 1.88. The van der Waals surface area contributed by atoms with Gasteiger partial charge in [0.2, 0.25) is 0 Å². The number of hydrogen-bond donors (Lipinski definition) is 1. The van der Waals surface area contributed by atoms with E-state index in [1.165, 1.54) is 7.11 Å². The highest BCUT2D eigenvalue weighted by Crippen LogP contribution is 2.33. The van der Waals surface area contributed by atoms with Crippen molar-refractivity contribution in [3.05, 3.63) is 61.1 Å². The van der Waals surface area contributed by atoms with Crippen LogP contribution in [-0.2, 0) is 0 Å². The van der Waals surface area contributed by atoms with Crippen LogP contribution in [0.15, 0.2) is 61.1 Å². The Kier molecular flexibility index (Phi) is 4.16. The van der Waals surface area contributed by atoms with Crippen LogP contribution in [0.5, 0.6) is 11.5 Å². The smallest absolute Gasteiger partial charge is 0.161 e. The number of aromatic hydroxyl groups is 1. The molecule has 0 bridgehead atoms. The fourth-order valence-electron chi connectivity index (χ4n) is 3.16. The number of phenols is 1. The van der Waals surface area contributed by atoms with Gasteiger partial charge in [0.05, 0.1) is 30.9 Å². The molecule has 2 aromatic heterocycles. The molecule has 0 spiro atoms. The van der Waals surface area contributed by atoms with Crippen LogP contribution < -0.4 is 9.64 Å². The van der Waals surface area contributed by atoms with Crippen molar-refractivity contribution in [3.8, 4) is 34.0 Å². The van der Waals surface area contributed by atoms with Gasteiger partial charge in [-0.15, -0.1) is 0 Å². The molecule has 0 saturated heterocycles. The number of anilines is 1. The minimum absolute atomic E-state index is 0.109.